The van der Waals surface area contributed by atoms with Crippen molar-refractivity contribution < 1.29 is 29.6 Å². The SMILES string of the molecule is COc1cc(/C=C2\SC(=S)N(c3ccc(C(=O)O)c(O)c3)C2=O)ccc1O. The predicted octanol–water partition coefficient (Wildman–Crippen LogP) is 3.21. The fraction of sp³-hybridized carbons (Fsp3) is 0.0556. The van der Waals surface area contributed by atoms with Crippen LogP contribution in [0.1, 0.15) is 15.9 Å². The van der Waals surface area contributed by atoms with Crippen molar-refractivity contribution in [3.05, 3.63) is 52.4 Å². The molecule has 0 aliphatic carbocycles. The van der Waals surface area contributed by atoms with Gasteiger partial charge in [-0.3, -0.25) is 9.69 Å². The first-order valence-corrected chi connectivity index (χ1v) is 8.75. The molecule has 0 aromatic heterocycles. The molecule has 0 atom stereocenters. The average molecular weight is 403 g/mol. The van der Waals surface area contributed by atoms with Gasteiger partial charge in [0.05, 0.1) is 17.7 Å². The highest BCUT2D eigenvalue weighted by molar-refractivity contribution is 8.27. The van der Waals surface area contributed by atoms with E-state index in [1.165, 1.54) is 36.3 Å². The van der Waals surface area contributed by atoms with Gasteiger partial charge >= 0.3 is 5.97 Å². The summed E-state index contributed by atoms with van der Waals surface area (Å²) in [5, 5.41) is 28.5. The molecule has 0 unspecified atom stereocenters. The van der Waals surface area contributed by atoms with Gasteiger partial charge in [0.1, 0.15) is 11.3 Å². The number of hydrogen-bond donors (Lipinski definition) is 3. The molecule has 1 aliphatic heterocycles. The van der Waals surface area contributed by atoms with Crippen molar-refractivity contribution in [1.82, 2.24) is 0 Å². The highest BCUT2D eigenvalue weighted by Crippen LogP contribution is 2.38. The topological polar surface area (TPSA) is 107 Å². The Bertz CT molecular complexity index is 1000. The highest BCUT2D eigenvalue weighted by Gasteiger charge is 2.33. The van der Waals surface area contributed by atoms with Crippen molar-refractivity contribution in [3.63, 3.8) is 0 Å². The molecule has 1 fully saturated rings. The summed E-state index contributed by atoms with van der Waals surface area (Å²) < 4.78 is 5.30. The number of anilines is 1. The van der Waals surface area contributed by atoms with E-state index in [9.17, 15) is 19.8 Å². The summed E-state index contributed by atoms with van der Waals surface area (Å²) >= 11 is 6.33. The Morgan fingerprint density at radius 2 is 1.93 bits per heavy atom. The number of thiocarbonyl (C=S) groups is 1. The summed E-state index contributed by atoms with van der Waals surface area (Å²) in [6.07, 6.45) is 1.60. The summed E-state index contributed by atoms with van der Waals surface area (Å²) in [4.78, 5) is 25.3. The van der Waals surface area contributed by atoms with Crippen LogP contribution in [0.15, 0.2) is 41.3 Å². The van der Waals surface area contributed by atoms with Crippen LogP contribution in [-0.4, -0.2) is 38.6 Å². The lowest BCUT2D eigenvalue weighted by atomic mass is 10.1. The summed E-state index contributed by atoms with van der Waals surface area (Å²) in [7, 11) is 1.42. The molecule has 1 saturated heterocycles. The Kier molecular flexibility index (Phi) is 5.06. The Balaban J connectivity index is 1.93. The van der Waals surface area contributed by atoms with Gasteiger partial charge in [0.2, 0.25) is 0 Å². The number of carboxylic acids is 1. The number of phenols is 2. The molecule has 0 saturated carbocycles. The minimum Gasteiger partial charge on any atom is -0.507 e. The Labute approximate surface area is 163 Å². The molecule has 3 N–H and O–H groups in total. The van der Waals surface area contributed by atoms with Crippen LogP contribution < -0.4 is 9.64 Å². The zero-order chi connectivity index (χ0) is 19.7. The largest absolute Gasteiger partial charge is 0.507 e. The van der Waals surface area contributed by atoms with E-state index in [4.69, 9.17) is 22.1 Å². The zero-order valence-electron chi connectivity index (χ0n) is 13.9. The highest BCUT2D eigenvalue weighted by atomic mass is 32.2. The van der Waals surface area contributed by atoms with Crippen LogP contribution in [0.5, 0.6) is 17.2 Å². The molecule has 27 heavy (non-hydrogen) atoms. The van der Waals surface area contributed by atoms with E-state index in [0.29, 0.717) is 10.5 Å². The predicted molar refractivity (Wildman–Crippen MR) is 105 cm³/mol. The standard InChI is InChI=1S/C18H13NO6S2/c1-25-14-6-9(2-5-12(14)20)7-15-16(22)19(18(26)27-15)10-3-4-11(17(23)24)13(21)8-10/h2-8,20-21H,1H3,(H,23,24)/b15-7-. The van der Waals surface area contributed by atoms with Crippen molar-refractivity contribution in [2.45, 2.75) is 0 Å². The lowest BCUT2D eigenvalue weighted by Gasteiger charge is -2.15. The van der Waals surface area contributed by atoms with Crippen molar-refractivity contribution in [1.29, 1.82) is 0 Å². The van der Waals surface area contributed by atoms with Gasteiger partial charge < -0.3 is 20.1 Å². The third-order valence-electron chi connectivity index (χ3n) is 3.77. The second-order valence-corrected chi connectivity index (χ2v) is 7.13. The quantitative estimate of drug-likeness (QED) is 0.528. The van der Waals surface area contributed by atoms with E-state index in [0.717, 1.165) is 11.8 Å². The number of nitrogens with zero attached hydrogens (tertiary/aromatic N) is 1. The second-order valence-electron chi connectivity index (χ2n) is 5.46. The molecular formula is C18H13NO6S2. The second kappa shape index (κ2) is 7.29. The van der Waals surface area contributed by atoms with Crippen molar-refractivity contribution in [3.8, 4) is 17.2 Å². The number of rotatable bonds is 4. The van der Waals surface area contributed by atoms with Crippen molar-refractivity contribution >= 4 is 51.9 Å². The number of amides is 1. The van der Waals surface area contributed by atoms with Crippen LogP contribution in [0.3, 0.4) is 0 Å². The number of carbonyl (C=O) groups is 2. The van der Waals surface area contributed by atoms with Crippen LogP contribution in [0.25, 0.3) is 6.08 Å². The monoisotopic (exact) mass is 403 g/mol. The Morgan fingerprint density at radius 1 is 1.19 bits per heavy atom. The number of phenolic OH excluding ortho intramolecular Hbond substituents is 1. The fourth-order valence-electron chi connectivity index (χ4n) is 2.47. The molecular weight excluding hydrogens is 390 g/mol. The van der Waals surface area contributed by atoms with Crippen molar-refractivity contribution in [2.75, 3.05) is 12.0 Å². The normalized spacial score (nSPS) is 15.4. The molecule has 9 heteroatoms. The molecule has 2 aromatic carbocycles. The number of carboxylic acid groups (broad SMARTS) is 1. The number of thioether (sulfide) groups is 1. The van der Waals surface area contributed by atoms with Crippen LogP contribution >= 0.6 is 24.0 Å². The number of benzene rings is 2. The van der Waals surface area contributed by atoms with E-state index < -0.39 is 17.6 Å². The first-order chi connectivity index (χ1) is 12.8. The molecule has 2 aromatic rings. The third kappa shape index (κ3) is 3.60. The summed E-state index contributed by atoms with van der Waals surface area (Å²) in [5.41, 5.74) is 0.636. The van der Waals surface area contributed by atoms with Gasteiger partial charge in [-0.2, -0.15) is 0 Å². The smallest absolute Gasteiger partial charge is 0.339 e. The number of hydrogen-bond acceptors (Lipinski definition) is 7. The molecule has 1 heterocycles. The molecule has 0 bridgehead atoms. The molecule has 1 amide bonds. The molecule has 7 nitrogen and oxygen atoms in total. The fourth-order valence-corrected chi connectivity index (χ4v) is 3.76. The number of aromatic hydroxyl groups is 2. The van der Waals surface area contributed by atoms with E-state index >= 15 is 0 Å². The Hall–Kier alpha value is -3.04. The lowest BCUT2D eigenvalue weighted by molar-refractivity contribution is -0.113. The maximum Gasteiger partial charge on any atom is 0.339 e. The maximum atomic E-state index is 12.7. The summed E-state index contributed by atoms with van der Waals surface area (Å²) in [6, 6.07) is 8.45. The number of carbonyl (C=O) groups excluding carboxylic acids is 1. The van der Waals surface area contributed by atoms with Crippen LogP contribution in [0.4, 0.5) is 5.69 Å². The van der Waals surface area contributed by atoms with E-state index in [-0.39, 0.29) is 27.1 Å². The first-order valence-electron chi connectivity index (χ1n) is 7.53. The third-order valence-corrected chi connectivity index (χ3v) is 5.07. The van der Waals surface area contributed by atoms with Gasteiger partial charge in [-0.1, -0.05) is 30.0 Å². The van der Waals surface area contributed by atoms with Gasteiger partial charge in [-0.05, 0) is 35.9 Å². The van der Waals surface area contributed by atoms with E-state index in [2.05, 4.69) is 0 Å². The van der Waals surface area contributed by atoms with Gasteiger partial charge in [0.25, 0.3) is 5.91 Å². The van der Waals surface area contributed by atoms with Gasteiger partial charge in [-0.15, -0.1) is 0 Å². The summed E-state index contributed by atoms with van der Waals surface area (Å²) in [6.45, 7) is 0. The van der Waals surface area contributed by atoms with Gasteiger partial charge in [-0.25, -0.2) is 4.79 Å². The molecule has 0 spiro atoms. The zero-order valence-corrected chi connectivity index (χ0v) is 15.5. The van der Waals surface area contributed by atoms with E-state index in [1.54, 1.807) is 18.2 Å². The number of methoxy groups -OCH3 is 1. The van der Waals surface area contributed by atoms with Crippen LogP contribution in [0, 0.1) is 0 Å². The van der Waals surface area contributed by atoms with Gasteiger partial charge in [0.15, 0.2) is 15.8 Å². The summed E-state index contributed by atoms with van der Waals surface area (Å²) in [5.74, 6) is -1.88. The molecule has 1 aliphatic rings. The van der Waals surface area contributed by atoms with Crippen LogP contribution in [0.2, 0.25) is 0 Å². The molecule has 138 valence electrons. The average Bonchev–Trinajstić information content (AvgIpc) is 2.89. The van der Waals surface area contributed by atoms with Gasteiger partial charge in [0, 0.05) is 6.07 Å². The van der Waals surface area contributed by atoms with E-state index in [1.807, 2.05) is 0 Å². The molecule has 0 radical (unpaired) electrons. The van der Waals surface area contributed by atoms with Crippen molar-refractivity contribution in [2.24, 2.45) is 0 Å². The maximum absolute atomic E-state index is 12.7. The minimum atomic E-state index is -1.27. The molecule has 3 rings (SSSR count). The number of ether oxygens (including phenoxy) is 1. The first kappa shape index (κ1) is 18.7. The Morgan fingerprint density at radius 3 is 2.56 bits per heavy atom. The number of aromatic carboxylic acids is 1. The minimum absolute atomic E-state index is 0.0174. The lowest BCUT2D eigenvalue weighted by Crippen LogP contribution is -2.27. The van der Waals surface area contributed by atoms with Crippen LogP contribution in [-0.2, 0) is 4.79 Å².